The van der Waals surface area contributed by atoms with Gasteiger partial charge in [0.1, 0.15) is 13.2 Å². The van der Waals surface area contributed by atoms with Gasteiger partial charge in [-0.3, -0.25) is 0 Å². The smallest absolute Gasteiger partial charge is 0.208 e. The van der Waals surface area contributed by atoms with E-state index in [2.05, 4.69) is 11.6 Å². The summed E-state index contributed by atoms with van der Waals surface area (Å²) in [5.74, 6) is 1.80. The van der Waals surface area contributed by atoms with Crippen LogP contribution in [0.2, 0.25) is 0 Å². The fourth-order valence-corrected chi connectivity index (χ4v) is 2.48. The van der Waals surface area contributed by atoms with Crippen molar-refractivity contribution < 1.29 is 17.9 Å². The minimum absolute atomic E-state index is 0.255. The minimum atomic E-state index is -3.11. The predicted octanol–water partition coefficient (Wildman–Crippen LogP) is 1.50. The second-order valence-electron chi connectivity index (χ2n) is 4.76. The topological polar surface area (TPSA) is 64.6 Å². The molecule has 5 nitrogen and oxygen atoms in total. The van der Waals surface area contributed by atoms with Crippen LogP contribution in [0.25, 0.3) is 0 Å². The molecule has 0 aliphatic carbocycles. The zero-order valence-electron chi connectivity index (χ0n) is 11.2. The van der Waals surface area contributed by atoms with E-state index in [-0.39, 0.29) is 5.92 Å². The summed E-state index contributed by atoms with van der Waals surface area (Å²) >= 11 is 0. The highest BCUT2D eigenvalue weighted by atomic mass is 32.2. The average molecular weight is 285 g/mol. The maximum atomic E-state index is 11.0. The molecule has 1 aliphatic rings. The molecule has 106 valence electrons. The highest BCUT2D eigenvalue weighted by Gasteiger charge is 2.14. The van der Waals surface area contributed by atoms with Crippen molar-refractivity contribution in [1.29, 1.82) is 0 Å². The summed E-state index contributed by atoms with van der Waals surface area (Å²) in [4.78, 5) is 0. The molecule has 0 bridgehead atoms. The highest BCUT2D eigenvalue weighted by Crippen LogP contribution is 2.33. The maximum Gasteiger partial charge on any atom is 0.208 e. The summed E-state index contributed by atoms with van der Waals surface area (Å²) in [6.07, 6.45) is 1.91. The molecule has 0 amide bonds. The molecule has 2 rings (SSSR count). The Kier molecular flexibility index (Phi) is 4.31. The summed E-state index contributed by atoms with van der Waals surface area (Å²) in [5.41, 5.74) is 1.12. The van der Waals surface area contributed by atoms with Gasteiger partial charge in [0.15, 0.2) is 11.5 Å². The van der Waals surface area contributed by atoms with Crippen LogP contribution in [0.1, 0.15) is 24.8 Å². The zero-order valence-corrected chi connectivity index (χ0v) is 12.0. The minimum Gasteiger partial charge on any atom is -0.486 e. The van der Waals surface area contributed by atoms with E-state index in [0.29, 0.717) is 19.8 Å². The predicted molar refractivity (Wildman–Crippen MR) is 73.3 cm³/mol. The Labute approximate surface area is 114 Å². The normalized spacial score (nSPS) is 16.1. The SMILES string of the molecule is CC(CCNS(C)(=O)=O)c1ccc2c(c1)OCCO2. The lowest BCUT2D eigenvalue weighted by atomic mass is 9.97. The lowest BCUT2D eigenvalue weighted by Gasteiger charge is -2.20. The number of ether oxygens (including phenoxy) is 2. The van der Waals surface area contributed by atoms with Crippen molar-refractivity contribution in [3.8, 4) is 11.5 Å². The monoisotopic (exact) mass is 285 g/mol. The number of rotatable bonds is 5. The van der Waals surface area contributed by atoms with E-state index >= 15 is 0 Å². The standard InChI is InChI=1S/C13H19NO4S/c1-10(5-6-14-19(2,15)16)11-3-4-12-13(9-11)18-8-7-17-12/h3-4,9-10,14H,5-8H2,1-2H3. The Morgan fingerprint density at radius 2 is 1.95 bits per heavy atom. The van der Waals surface area contributed by atoms with Crippen molar-refractivity contribution in [3.63, 3.8) is 0 Å². The van der Waals surface area contributed by atoms with Crippen LogP contribution >= 0.6 is 0 Å². The molecule has 1 N–H and O–H groups in total. The van der Waals surface area contributed by atoms with Gasteiger partial charge in [0.05, 0.1) is 6.26 Å². The van der Waals surface area contributed by atoms with Crippen molar-refractivity contribution in [2.75, 3.05) is 26.0 Å². The van der Waals surface area contributed by atoms with Gasteiger partial charge in [0.25, 0.3) is 0 Å². The Morgan fingerprint density at radius 1 is 1.26 bits per heavy atom. The molecular weight excluding hydrogens is 266 g/mol. The van der Waals surface area contributed by atoms with Gasteiger partial charge in [-0.25, -0.2) is 13.1 Å². The fraction of sp³-hybridized carbons (Fsp3) is 0.538. The van der Waals surface area contributed by atoms with Crippen molar-refractivity contribution in [3.05, 3.63) is 23.8 Å². The van der Waals surface area contributed by atoms with E-state index in [1.165, 1.54) is 6.26 Å². The molecule has 0 aromatic heterocycles. The van der Waals surface area contributed by atoms with Gasteiger partial charge in [-0.1, -0.05) is 13.0 Å². The number of benzene rings is 1. The number of hydrogen-bond acceptors (Lipinski definition) is 4. The van der Waals surface area contributed by atoms with Crippen LogP contribution in [0.15, 0.2) is 18.2 Å². The van der Waals surface area contributed by atoms with Gasteiger partial charge in [0.2, 0.25) is 10.0 Å². The van der Waals surface area contributed by atoms with Gasteiger partial charge in [-0.15, -0.1) is 0 Å². The molecule has 1 aromatic rings. The van der Waals surface area contributed by atoms with E-state index in [9.17, 15) is 8.42 Å². The molecular formula is C13H19NO4S. The van der Waals surface area contributed by atoms with Crippen LogP contribution in [0, 0.1) is 0 Å². The van der Waals surface area contributed by atoms with Gasteiger partial charge >= 0.3 is 0 Å². The second-order valence-corrected chi connectivity index (χ2v) is 6.59. The molecule has 1 unspecified atom stereocenters. The van der Waals surface area contributed by atoms with Crippen LogP contribution < -0.4 is 14.2 Å². The second kappa shape index (κ2) is 5.79. The largest absolute Gasteiger partial charge is 0.486 e. The Balaban J connectivity index is 1.97. The Bertz CT molecular complexity index is 542. The third kappa shape index (κ3) is 4.11. The lowest BCUT2D eigenvalue weighted by Crippen LogP contribution is -2.24. The van der Waals surface area contributed by atoms with E-state index in [1.54, 1.807) is 0 Å². The van der Waals surface area contributed by atoms with E-state index in [0.717, 1.165) is 23.5 Å². The number of hydrogen-bond donors (Lipinski definition) is 1. The Morgan fingerprint density at radius 3 is 2.63 bits per heavy atom. The Hall–Kier alpha value is -1.27. The number of sulfonamides is 1. The van der Waals surface area contributed by atoms with Crippen LogP contribution in [0.4, 0.5) is 0 Å². The molecule has 1 aromatic carbocycles. The molecule has 0 radical (unpaired) electrons. The van der Waals surface area contributed by atoms with Gasteiger partial charge in [-0.05, 0) is 30.0 Å². The molecule has 1 aliphatic heterocycles. The van der Waals surface area contributed by atoms with Crippen molar-refractivity contribution >= 4 is 10.0 Å². The molecule has 0 saturated carbocycles. The molecule has 0 spiro atoms. The molecule has 0 fully saturated rings. The van der Waals surface area contributed by atoms with E-state index < -0.39 is 10.0 Å². The first-order chi connectivity index (χ1) is 8.96. The van der Waals surface area contributed by atoms with Crippen LogP contribution in [0.5, 0.6) is 11.5 Å². The first-order valence-electron chi connectivity index (χ1n) is 6.30. The summed E-state index contributed by atoms with van der Waals surface area (Å²) in [5, 5.41) is 0. The molecule has 0 saturated heterocycles. The molecule has 19 heavy (non-hydrogen) atoms. The third-order valence-electron chi connectivity index (χ3n) is 3.08. The van der Waals surface area contributed by atoms with Crippen molar-refractivity contribution in [1.82, 2.24) is 4.72 Å². The molecule has 6 heteroatoms. The first kappa shape index (κ1) is 14.1. The number of nitrogens with one attached hydrogen (secondary N) is 1. The summed E-state index contributed by atoms with van der Waals surface area (Å²) in [6, 6.07) is 5.88. The van der Waals surface area contributed by atoms with Crippen LogP contribution in [-0.4, -0.2) is 34.4 Å². The maximum absolute atomic E-state index is 11.0. The zero-order chi connectivity index (χ0) is 13.9. The third-order valence-corrected chi connectivity index (χ3v) is 3.81. The van der Waals surface area contributed by atoms with Gasteiger partial charge in [-0.2, -0.15) is 0 Å². The average Bonchev–Trinajstić information content (AvgIpc) is 2.36. The van der Waals surface area contributed by atoms with E-state index in [4.69, 9.17) is 9.47 Å². The summed E-state index contributed by atoms with van der Waals surface area (Å²) in [7, 11) is -3.11. The fourth-order valence-electron chi connectivity index (χ4n) is 1.99. The van der Waals surface area contributed by atoms with Gasteiger partial charge < -0.3 is 9.47 Å². The van der Waals surface area contributed by atoms with Gasteiger partial charge in [0, 0.05) is 6.54 Å². The summed E-state index contributed by atoms with van der Waals surface area (Å²) in [6.45, 7) is 3.66. The van der Waals surface area contributed by atoms with Crippen molar-refractivity contribution in [2.24, 2.45) is 0 Å². The van der Waals surface area contributed by atoms with Crippen LogP contribution in [0.3, 0.4) is 0 Å². The first-order valence-corrected chi connectivity index (χ1v) is 8.19. The molecule has 1 heterocycles. The number of fused-ring (bicyclic) bond motifs is 1. The molecule has 1 atom stereocenters. The van der Waals surface area contributed by atoms with Crippen molar-refractivity contribution in [2.45, 2.75) is 19.3 Å². The van der Waals surface area contributed by atoms with E-state index in [1.807, 2.05) is 18.2 Å². The highest BCUT2D eigenvalue weighted by molar-refractivity contribution is 7.88. The summed E-state index contributed by atoms with van der Waals surface area (Å²) < 4.78 is 35.5. The van der Waals surface area contributed by atoms with Crippen LogP contribution in [-0.2, 0) is 10.0 Å². The lowest BCUT2D eigenvalue weighted by molar-refractivity contribution is 0.171. The quantitative estimate of drug-likeness (QED) is 0.890.